The molecule has 2 heterocycles. The Balaban J connectivity index is 1.57. The Kier molecular flexibility index (Phi) is 6.53. The van der Waals surface area contributed by atoms with Gasteiger partial charge >= 0.3 is 0 Å². The number of nitrogens with zero attached hydrogens (tertiary/aromatic N) is 1. The fourth-order valence-electron chi connectivity index (χ4n) is 2.90. The van der Waals surface area contributed by atoms with Crippen LogP contribution in [0.4, 0.5) is 0 Å². The van der Waals surface area contributed by atoms with Crippen LogP contribution in [-0.4, -0.2) is 47.5 Å². The van der Waals surface area contributed by atoms with Crippen LogP contribution in [0.1, 0.15) is 23.0 Å². The summed E-state index contributed by atoms with van der Waals surface area (Å²) < 4.78 is 5.55. The number of thioether (sulfide) groups is 1. The summed E-state index contributed by atoms with van der Waals surface area (Å²) in [6.07, 6.45) is -0.0340. The second-order valence-corrected chi connectivity index (χ2v) is 8.21. The molecule has 3 rings (SSSR count). The second-order valence-electron chi connectivity index (χ2n) is 6.18. The average molecular weight is 378 g/mol. The molecule has 0 aliphatic carbocycles. The molecule has 0 unspecified atom stereocenters. The van der Waals surface area contributed by atoms with Gasteiger partial charge in [-0.1, -0.05) is 23.8 Å². The normalized spacial score (nSPS) is 19.0. The number of amides is 1. The van der Waals surface area contributed by atoms with Gasteiger partial charge in [0, 0.05) is 22.7 Å². The first-order valence-electron chi connectivity index (χ1n) is 8.41. The summed E-state index contributed by atoms with van der Waals surface area (Å²) in [5, 5.41) is 12.4. The fraction of sp³-hybridized carbons (Fsp3) is 0.421. The molecule has 1 saturated heterocycles. The predicted octanol–water partition coefficient (Wildman–Crippen LogP) is 3.50. The molecule has 0 spiro atoms. The molecule has 0 bridgehead atoms. The van der Waals surface area contributed by atoms with Gasteiger partial charge in [-0.3, -0.25) is 4.79 Å². The molecule has 134 valence electrons. The third-order valence-corrected chi connectivity index (χ3v) is 6.27. The number of rotatable bonds is 6. The van der Waals surface area contributed by atoms with Crippen molar-refractivity contribution < 1.29 is 14.6 Å². The summed E-state index contributed by atoms with van der Waals surface area (Å²) in [4.78, 5) is 16.6. The van der Waals surface area contributed by atoms with Gasteiger partial charge in [-0.15, -0.1) is 23.1 Å². The lowest BCUT2D eigenvalue weighted by molar-refractivity contribution is -0.138. The van der Waals surface area contributed by atoms with Crippen molar-refractivity contribution >= 4 is 29.0 Å². The Hall–Kier alpha value is -1.34. The van der Waals surface area contributed by atoms with Gasteiger partial charge < -0.3 is 14.7 Å². The summed E-state index contributed by atoms with van der Waals surface area (Å²) in [5.74, 6) is 0.520. The molecule has 0 radical (unpaired) electrons. The minimum atomic E-state index is -0.549. The Morgan fingerprint density at radius 2 is 2.20 bits per heavy atom. The Labute approximate surface area is 156 Å². The van der Waals surface area contributed by atoms with Gasteiger partial charge in [0.1, 0.15) is 0 Å². The highest BCUT2D eigenvalue weighted by Crippen LogP contribution is 2.27. The van der Waals surface area contributed by atoms with E-state index < -0.39 is 6.10 Å². The van der Waals surface area contributed by atoms with Crippen LogP contribution in [-0.2, 0) is 9.53 Å². The van der Waals surface area contributed by atoms with Crippen LogP contribution in [0.25, 0.3) is 0 Å². The van der Waals surface area contributed by atoms with Crippen LogP contribution in [0.15, 0.2) is 46.7 Å². The number of thiophene rings is 1. The summed E-state index contributed by atoms with van der Waals surface area (Å²) in [6, 6.07) is 12.0. The van der Waals surface area contributed by atoms with Crippen molar-refractivity contribution in [2.75, 3.05) is 25.5 Å². The zero-order chi connectivity index (χ0) is 17.6. The summed E-state index contributed by atoms with van der Waals surface area (Å²) in [6.45, 7) is 3.70. The number of hydrogen-bond donors (Lipinski definition) is 1. The molecule has 1 aliphatic heterocycles. The van der Waals surface area contributed by atoms with E-state index in [0.717, 1.165) is 9.77 Å². The van der Waals surface area contributed by atoms with Crippen molar-refractivity contribution in [2.45, 2.75) is 30.4 Å². The van der Waals surface area contributed by atoms with Gasteiger partial charge in [0.05, 0.1) is 31.1 Å². The summed E-state index contributed by atoms with van der Waals surface area (Å²) >= 11 is 3.10. The van der Waals surface area contributed by atoms with Crippen LogP contribution in [0, 0.1) is 6.92 Å². The lowest BCUT2D eigenvalue weighted by Crippen LogP contribution is -2.49. The van der Waals surface area contributed by atoms with E-state index in [4.69, 9.17) is 4.74 Å². The first kappa shape index (κ1) is 18.5. The van der Waals surface area contributed by atoms with Crippen LogP contribution >= 0.6 is 23.1 Å². The lowest BCUT2D eigenvalue weighted by atomic mass is 10.1. The van der Waals surface area contributed by atoms with E-state index in [1.807, 2.05) is 34.5 Å². The van der Waals surface area contributed by atoms with E-state index in [9.17, 15) is 9.90 Å². The monoisotopic (exact) mass is 377 g/mol. The molecule has 25 heavy (non-hydrogen) atoms. The first-order chi connectivity index (χ1) is 12.1. The minimum Gasteiger partial charge on any atom is -0.387 e. The predicted molar refractivity (Wildman–Crippen MR) is 102 cm³/mol. The maximum absolute atomic E-state index is 12.7. The number of benzene rings is 1. The maximum Gasteiger partial charge on any atom is 0.233 e. The molecule has 2 atom stereocenters. The van der Waals surface area contributed by atoms with Crippen LogP contribution in [0.3, 0.4) is 0 Å². The minimum absolute atomic E-state index is 0.0723. The van der Waals surface area contributed by atoms with Gasteiger partial charge in [-0.2, -0.15) is 0 Å². The Morgan fingerprint density at radius 1 is 1.40 bits per heavy atom. The smallest absolute Gasteiger partial charge is 0.233 e. The number of morpholine rings is 1. The van der Waals surface area contributed by atoms with E-state index in [1.165, 1.54) is 16.9 Å². The van der Waals surface area contributed by atoms with Gasteiger partial charge in [0.25, 0.3) is 0 Å². The topological polar surface area (TPSA) is 49.8 Å². The average Bonchev–Trinajstić information content (AvgIpc) is 3.16. The third-order valence-electron chi connectivity index (χ3n) is 4.30. The summed E-state index contributed by atoms with van der Waals surface area (Å²) in [5.41, 5.74) is 1.21. The second kappa shape index (κ2) is 8.85. The molecule has 2 aromatic rings. The molecule has 1 aromatic carbocycles. The SMILES string of the molecule is Cc1ccc(SCC(=O)N2CCOC[C@@H]2C[C@H](O)c2cccs2)cc1. The van der Waals surface area contributed by atoms with Gasteiger partial charge in [-0.25, -0.2) is 0 Å². The highest BCUT2D eigenvalue weighted by molar-refractivity contribution is 8.00. The Morgan fingerprint density at radius 3 is 2.92 bits per heavy atom. The zero-order valence-electron chi connectivity index (χ0n) is 14.3. The zero-order valence-corrected chi connectivity index (χ0v) is 15.9. The van der Waals surface area contributed by atoms with Crippen LogP contribution < -0.4 is 0 Å². The number of carbonyl (C=O) groups excluding carboxylic acids is 1. The van der Waals surface area contributed by atoms with Gasteiger partial charge in [0.2, 0.25) is 5.91 Å². The van der Waals surface area contributed by atoms with Gasteiger partial charge in [0.15, 0.2) is 0 Å². The molecule has 1 amide bonds. The van der Waals surface area contributed by atoms with E-state index in [0.29, 0.717) is 31.9 Å². The quantitative estimate of drug-likeness (QED) is 0.783. The molecule has 1 aromatic heterocycles. The molecule has 0 saturated carbocycles. The van der Waals surface area contributed by atoms with Gasteiger partial charge in [-0.05, 0) is 30.5 Å². The van der Waals surface area contributed by atoms with E-state index in [1.54, 1.807) is 11.8 Å². The van der Waals surface area contributed by atoms with Crippen molar-refractivity contribution in [1.82, 2.24) is 4.90 Å². The van der Waals surface area contributed by atoms with E-state index in [-0.39, 0.29) is 11.9 Å². The van der Waals surface area contributed by atoms with Crippen molar-refractivity contribution in [3.8, 4) is 0 Å². The fourth-order valence-corrected chi connectivity index (χ4v) is 4.40. The number of aliphatic hydroxyl groups excluding tert-OH is 1. The number of hydrogen-bond acceptors (Lipinski definition) is 5. The van der Waals surface area contributed by atoms with Crippen molar-refractivity contribution in [3.63, 3.8) is 0 Å². The number of carbonyl (C=O) groups is 1. The molecular weight excluding hydrogens is 354 g/mol. The molecule has 1 N–H and O–H groups in total. The van der Waals surface area contributed by atoms with E-state index in [2.05, 4.69) is 19.1 Å². The molecular formula is C19H23NO3S2. The first-order valence-corrected chi connectivity index (χ1v) is 10.3. The van der Waals surface area contributed by atoms with E-state index >= 15 is 0 Å². The van der Waals surface area contributed by atoms with Crippen molar-refractivity contribution in [2.24, 2.45) is 0 Å². The standard InChI is InChI=1S/C19H23NO3S2/c1-14-4-6-16(7-5-14)25-13-19(22)20-8-9-23-12-15(20)11-17(21)18-3-2-10-24-18/h2-7,10,15,17,21H,8-9,11-13H2,1H3/t15-,17-/m0/s1. The number of aliphatic hydroxyl groups is 1. The van der Waals surface area contributed by atoms with Crippen molar-refractivity contribution in [3.05, 3.63) is 52.2 Å². The third kappa shape index (κ3) is 5.07. The lowest BCUT2D eigenvalue weighted by Gasteiger charge is -2.36. The Bertz CT molecular complexity index is 672. The number of aryl methyl sites for hydroxylation is 1. The molecule has 4 nitrogen and oxygen atoms in total. The highest BCUT2D eigenvalue weighted by Gasteiger charge is 2.29. The highest BCUT2D eigenvalue weighted by atomic mass is 32.2. The largest absolute Gasteiger partial charge is 0.387 e. The van der Waals surface area contributed by atoms with Crippen LogP contribution in [0.2, 0.25) is 0 Å². The maximum atomic E-state index is 12.7. The molecule has 6 heteroatoms. The molecule has 1 fully saturated rings. The van der Waals surface area contributed by atoms with Crippen LogP contribution in [0.5, 0.6) is 0 Å². The summed E-state index contributed by atoms with van der Waals surface area (Å²) in [7, 11) is 0. The molecule has 1 aliphatic rings. The van der Waals surface area contributed by atoms with Crippen molar-refractivity contribution in [1.29, 1.82) is 0 Å². The number of ether oxygens (including phenoxy) is 1.